The average Bonchev–Trinajstić information content (AvgIpc) is 2.67. The molecule has 1 fully saturated rings. The maximum atomic E-state index is 11.2. The van der Waals surface area contributed by atoms with Crippen LogP contribution in [0.1, 0.15) is 37.7 Å². The molecule has 0 N–H and O–H groups in total. The van der Waals surface area contributed by atoms with Crippen LogP contribution in [-0.2, 0) is 11.2 Å². The Labute approximate surface area is 89.1 Å². The van der Waals surface area contributed by atoms with Crippen molar-refractivity contribution in [1.29, 1.82) is 0 Å². The second-order valence-electron chi connectivity index (χ2n) is 4.17. The van der Waals surface area contributed by atoms with Crippen LogP contribution in [0.5, 0.6) is 0 Å². The van der Waals surface area contributed by atoms with Gasteiger partial charge in [0.2, 0.25) is 0 Å². The summed E-state index contributed by atoms with van der Waals surface area (Å²) in [7, 11) is 0. The molecular formula is C12H16OS. The minimum Gasteiger partial charge on any atom is -0.300 e. The van der Waals surface area contributed by atoms with E-state index in [9.17, 15) is 4.79 Å². The molecule has 1 atom stereocenters. The molecule has 2 rings (SSSR count). The van der Waals surface area contributed by atoms with E-state index in [-0.39, 0.29) is 0 Å². The quantitative estimate of drug-likeness (QED) is 0.743. The van der Waals surface area contributed by atoms with E-state index in [1.807, 2.05) is 0 Å². The Morgan fingerprint density at radius 2 is 2.43 bits per heavy atom. The van der Waals surface area contributed by atoms with Gasteiger partial charge in [-0.15, -0.1) is 0 Å². The van der Waals surface area contributed by atoms with Crippen LogP contribution in [-0.4, -0.2) is 5.78 Å². The number of aryl methyl sites for hydroxylation is 1. The molecule has 1 aliphatic carbocycles. The third kappa shape index (κ3) is 2.68. The zero-order chi connectivity index (χ0) is 9.80. The van der Waals surface area contributed by atoms with Gasteiger partial charge in [0.15, 0.2) is 0 Å². The molecule has 0 aliphatic heterocycles. The van der Waals surface area contributed by atoms with E-state index in [1.54, 1.807) is 11.3 Å². The van der Waals surface area contributed by atoms with Gasteiger partial charge >= 0.3 is 0 Å². The summed E-state index contributed by atoms with van der Waals surface area (Å²) in [6.07, 6.45) is 6.39. The van der Waals surface area contributed by atoms with E-state index in [0.717, 1.165) is 25.7 Å². The number of rotatable bonds is 3. The summed E-state index contributed by atoms with van der Waals surface area (Å²) >= 11 is 1.76. The number of thiophene rings is 1. The summed E-state index contributed by atoms with van der Waals surface area (Å²) in [6, 6.07) is 2.19. The molecule has 0 saturated heterocycles. The van der Waals surface area contributed by atoms with Gasteiger partial charge in [-0.05, 0) is 54.0 Å². The lowest BCUT2D eigenvalue weighted by Gasteiger charge is -2.20. The van der Waals surface area contributed by atoms with Crippen molar-refractivity contribution < 1.29 is 4.79 Å². The summed E-state index contributed by atoms with van der Waals surface area (Å²) < 4.78 is 0. The Hall–Kier alpha value is -0.630. The number of ketones is 1. The first-order valence-electron chi connectivity index (χ1n) is 5.37. The predicted octanol–water partition coefficient (Wildman–Crippen LogP) is 3.44. The molecule has 1 aromatic heterocycles. The highest BCUT2D eigenvalue weighted by atomic mass is 32.1. The molecule has 0 aromatic carbocycles. The van der Waals surface area contributed by atoms with Crippen molar-refractivity contribution in [2.24, 2.45) is 5.92 Å². The molecule has 1 saturated carbocycles. The zero-order valence-electron chi connectivity index (χ0n) is 8.37. The summed E-state index contributed by atoms with van der Waals surface area (Å²) in [5, 5.41) is 4.34. The predicted molar refractivity (Wildman–Crippen MR) is 59.6 cm³/mol. The Morgan fingerprint density at radius 3 is 3.14 bits per heavy atom. The number of carbonyl (C=O) groups is 1. The van der Waals surface area contributed by atoms with Gasteiger partial charge in [-0.1, -0.05) is 0 Å². The van der Waals surface area contributed by atoms with Crippen LogP contribution in [0, 0.1) is 5.92 Å². The van der Waals surface area contributed by atoms with E-state index in [1.165, 1.54) is 18.4 Å². The van der Waals surface area contributed by atoms with Gasteiger partial charge in [-0.3, -0.25) is 4.79 Å². The van der Waals surface area contributed by atoms with Crippen LogP contribution >= 0.6 is 11.3 Å². The van der Waals surface area contributed by atoms with E-state index in [0.29, 0.717) is 11.7 Å². The lowest BCUT2D eigenvalue weighted by molar-refractivity contribution is -0.121. The topological polar surface area (TPSA) is 17.1 Å². The molecular weight excluding hydrogens is 192 g/mol. The van der Waals surface area contributed by atoms with Crippen LogP contribution < -0.4 is 0 Å². The minimum absolute atomic E-state index is 0.478. The lowest BCUT2D eigenvalue weighted by atomic mass is 9.85. The molecule has 2 heteroatoms. The largest absolute Gasteiger partial charge is 0.300 e. The van der Waals surface area contributed by atoms with Crippen LogP contribution in [0.3, 0.4) is 0 Å². The van der Waals surface area contributed by atoms with Crippen molar-refractivity contribution in [3.8, 4) is 0 Å². The fourth-order valence-corrected chi connectivity index (χ4v) is 2.87. The first-order chi connectivity index (χ1) is 6.84. The van der Waals surface area contributed by atoms with Crippen LogP contribution in [0.2, 0.25) is 0 Å². The molecule has 1 aliphatic rings. The highest BCUT2D eigenvalue weighted by molar-refractivity contribution is 7.07. The van der Waals surface area contributed by atoms with Gasteiger partial charge in [-0.25, -0.2) is 0 Å². The Bertz CT molecular complexity index is 289. The lowest BCUT2D eigenvalue weighted by Crippen LogP contribution is -2.15. The van der Waals surface area contributed by atoms with Crippen molar-refractivity contribution in [2.75, 3.05) is 0 Å². The summed E-state index contributed by atoms with van der Waals surface area (Å²) in [5.41, 5.74) is 1.44. The Morgan fingerprint density at radius 1 is 1.50 bits per heavy atom. The van der Waals surface area contributed by atoms with Crippen LogP contribution in [0.25, 0.3) is 0 Å². The van der Waals surface area contributed by atoms with Crippen molar-refractivity contribution in [2.45, 2.75) is 38.5 Å². The number of hydrogen-bond donors (Lipinski definition) is 0. The SMILES string of the molecule is O=C1CCCC(CCc2ccsc2)C1. The maximum absolute atomic E-state index is 11.2. The maximum Gasteiger partial charge on any atom is 0.133 e. The van der Waals surface area contributed by atoms with E-state index in [4.69, 9.17) is 0 Å². The number of hydrogen-bond acceptors (Lipinski definition) is 2. The fraction of sp³-hybridized carbons (Fsp3) is 0.583. The summed E-state index contributed by atoms with van der Waals surface area (Å²) in [5.74, 6) is 1.14. The molecule has 0 amide bonds. The van der Waals surface area contributed by atoms with Gasteiger partial charge in [0.1, 0.15) is 5.78 Å². The fourth-order valence-electron chi connectivity index (χ4n) is 2.17. The standard InChI is InChI=1S/C12H16OS/c13-12-3-1-2-10(8-12)4-5-11-6-7-14-9-11/h6-7,9-10H,1-5,8H2. The van der Waals surface area contributed by atoms with Gasteiger partial charge in [0.05, 0.1) is 0 Å². The Balaban J connectivity index is 1.77. The second kappa shape index (κ2) is 4.74. The molecule has 1 aromatic rings. The van der Waals surface area contributed by atoms with Gasteiger partial charge in [-0.2, -0.15) is 11.3 Å². The van der Waals surface area contributed by atoms with Crippen LogP contribution in [0.15, 0.2) is 16.8 Å². The third-order valence-corrected chi connectivity index (χ3v) is 3.74. The minimum atomic E-state index is 0.478. The van der Waals surface area contributed by atoms with E-state index < -0.39 is 0 Å². The van der Waals surface area contributed by atoms with Gasteiger partial charge in [0.25, 0.3) is 0 Å². The number of carbonyl (C=O) groups excluding carboxylic acids is 1. The van der Waals surface area contributed by atoms with E-state index in [2.05, 4.69) is 16.8 Å². The van der Waals surface area contributed by atoms with Gasteiger partial charge in [0, 0.05) is 12.8 Å². The molecule has 0 radical (unpaired) electrons. The molecule has 0 bridgehead atoms. The highest BCUT2D eigenvalue weighted by Crippen LogP contribution is 2.25. The first-order valence-corrected chi connectivity index (χ1v) is 6.31. The molecule has 0 spiro atoms. The van der Waals surface area contributed by atoms with Gasteiger partial charge < -0.3 is 0 Å². The molecule has 1 heterocycles. The monoisotopic (exact) mass is 208 g/mol. The number of Topliss-reactive ketones (excluding diaryl/α,β-unsaturated/α-hetero) is 1. The van der Waals surface area contributed by atoms with Crippen molar-refractivity contribution >= 4 is 17.1 Å². The van der Waals surface area contributed by atoms with Crippen molar-refractivity contribution in [3.63, 3.8) is 0 Å². The Kier molecular flexibility index (Phi) is 3.35. The molecule has 76 valence electrons. The van der Waals surface area contributed by atoms with Crippen molar-refractivity contribution in [3.05, 3.63) is 22.4 Å². The second-order valence-corrected chi connectivity index (χ2v) is 4.95. The van der Waals surface area contributed by atoms with Crippen molar-refractivity contribution in [1.82, 2.24) is 0 Å². The molecule has 1 unspecified atom stereocenters. The van der Waals surface area contributed by atoms with E-state index >= 15 is 0 Å². The van der Waals surface area contributed by atoms with Crippen LogP contribution in [0.4, 0.5) is 0 Å². The molecule has 14 heavy (non-hydrogen) atoms. The smallest absolute Gasteiger partial charge is 0.133 e. The summed E-state index contributed by atoms with van der Waals surface area (Å²) in [6.45, 7) is 0. The summed E-state index contributed by atoms with van der Waals surface area (Å²) in [4.78, 5) is 11.2. The highest BCUT2D eigenvalue weighted by Gasteiger charge is 2.18. The average molecular weight is 208 g/mol. The molecule has 1 nitrogen and oxygen atoms in total. The third-order valence-electron chi connectivity index (χ3n) is 3.01. The first kappa shape index (κ1) is 9.91. The zero-order valence-corrected chi connectivity index (χ0v) is 9.19. The normalized spacial score (nSPS) is 22.6.